The van der Waals surface area contributed by atoms with Gasteiger partial charge in [-0.2, -0.15) is 0 Å². The number of hydrogen-bond donors (Lipinski definition) is 1. The molecule has 0 aromatic heterocycles. The first kappa shape index (κ1) is 25.0. The predicted octanol–water partition coefficient (Wildman–Crippen LogP) is 3.98. The number of Topliss-reactive ketones (excluding diaryl/α,β-unsaturated/α-hetero) is 1. The third kappa shape index (κ3) is 4.82. The third-order valence-corrected chi connectivity index (χ3v) is 6.45. The summed E-state index contributed by atoms with van der Waals surface area (Å²) >= 11 is 0. The number of aliphatic hydroxyl groups excluding tert-OH is 1. The second-order valence-corrected chi connectivity index (χ2v) is 8.65. The van der Waals surface area contributed by atoms with Gasteiger partial charge >= 0.3 is 0 Å². The number of ketones is 1. The summed E-state index contributed by atoms with van der Waals surface area (Å²) in [6, 6.07) is 18.2. The van der Waals surface area contributed by atoms with Gasteiger partial charge in [0.2, 0.25) is 0 Å². The van der Waals surface area contributed by atoms with Gasteiger partial charge in [-0.05, 0) is 60.2 Å². The number of likely N-dealkylation sites (tertiary alicyclic amines) is 1. The molecule has 38 heavy (non-hydrogen) atoms. The van der Waals surface area contributed by atoms with Crippen molar-refractivity contribution in [2.24, 2.45) is 0 Å². The summed E-state index contributed by atoms with van der Waals surface area (Å²) in [6.45, 7) is 1.06. The fraction of sp³-hybridized carbons (Fsp3) is 0.241. The zero-order valence-electron chi connectivity index (χ0n) is 21.0. The molecule has 3 aromatic rings. The molecule has 5 rings (SSSR count). The second kappa shape index (κ2) is 10.8. The maximum atomic E-state index is 13.3. The van der Waals surface area contributed by atoms with Gasteiger partial charge in [0.15, 0.2) is 11.5 Å². The Morgan fingerprint density at radius 3 is 2.13 bits per heavy atom. The summed E-state index contributed by atoms with van der Waals surface area (Å²) in [4.78, 5) is 27.9. The van der Waals surface area contributed by atoms with E-state index in [0.717, 1.165) is 0 Å². The molecule has 0 aliphatic carbocycles. The second-order valence-electron chi connectivity index (χ2n) is 8.65. The number of benzene rings is 3. The molecule has 0 bridgehead atoms. The number of rotatable bonds is 8. The van der Waals surface area contributed by atoms with Gasteiger partial charge in [0.25, 0.3) is 11.7 Å². The summed E-state index contributed by atoms with van der Waals surface area (Å²) in [5.41, 5.74) is 0.982. The van der Waals surface area contributed by atoms with Gasteiger partial charge in [0.05, 0.1) is 32.4 Å². The number of aliphatic hydroxyl groups is 1. The number of ether oxygens (including phenoxy) is 5. The van der Waals surface area contributed by atoms with E-state index >= 15 is 0 Å². The SMILES string of the molecule is COc1ccc(OCCN2C(=O)C(=O)/C(=C(\O)c3ccc4c(c3)OCCO4)C2c2ccc(OC)cc2)cc1. The number of carbonyl (C=O) groups excluding carboxylic acids is 2. The van der Waals surface area contributed by atoms with Crippen molar-refractivity contribution in [1.29, 1.82) is 0 Å². The van der Waals surface area contributed by atoms with Crippen molar-refractivity contribution in [2.45, 2.75) is 6.04 Å². The molecule has 1 unspecified atom stereocenters. The van der Waals surface area contributed by atoms with Crippen LogP contribution in [-0.4, -0.2) is 62.3 Å². The average molecular weight is 518 g/mol. The molecule has 0 saturated carbocycles. The van der Waals surface area contributed by atoms with E-state index in [1.807, 2.05) is 0 Å². The van der Waals surface area contributed by atoms with Gasteiger partial charge < -0.3 is 33.7 Å². The molecular formula is C29H27NO8. The Labute approximate surface area is 219 Å². The van der Waals surface area contributed by atoms with Crippen LogP contribution in [0.4, 0.5) is 0 Å². The van der Waals surface area contributed by atoms with Crippen LogP contribution < -0.4 is 23.7 Å². The molecule has 1 fully saturated rings. The monoisotopic (exact) mass is 517 g/mol. The lowest BCUT2D eigenvalue weighted by Crippen LogP contribution is -2.33. The van der Waals surface area contributed by atoms with Crippen LogP contribution in [-0.2, 0) is 9.59 Å². The molecular weight excluding hydrogens is 490 g/mol. The molecule has 2 heterocycles. The topological polar surface area (TPSA) is 104 Å². The Balaban J connectivity index is 1.48. The molecule has 9 heteroatoms. The van der Waals surface area contributed by atoms with E-state index in [1.165, 1.54) is 4.90 Å². The molecule has 2 aliphatic rings. The van der Waals surface area contributed by atoms with Crippen LogP contribution >= 0.6 is 0 Å². The number of fused-ring (bicyclic) bond motifs is 1. The van der Waals surface area contributed by atoms with Crippen molar-refractivity contribution < 1.29 is 38.4 Å². The quantitative estimate of drug-likeness (QED) is 0.272. The highest BCUT2D eigenvalue weighted by atomic mass is 16.6. The minimum atomic E-state index is -0.825. The molecule has 1 N–H and O–H groups in total. The minimum Gasteiger partial charge on any atom is -0.507 e. The zero-order valence-corrected chi connectivity index (χ0v) is 21.0. The van der Waals surface area contributed by atoms with E-state index in [0.29, 0.717) is 53.1 Å². The highest BCUT2D eigenvalue weighted by Gasteiger charge is 2.46. The largest absolute Gasteiger partial charge is 0.507 e. The summed E-state index contributed by atoms with van der Waals surface area (Å²) in [7, 11) is 3.14. The Morgan fingerprint density at radius 1 is 0.868 bits per heavy atom. The molecule has 0 spiro atoms. The summed E-state index contributed by atoms with van der Waals surface area (Å²) in [6.07, 6.45) is 0. The lowest BCUT2D eigenvalue weighted by molar-refractivity contribution is -0.140. The molecule has 1 amide bonds. The van der Waals surface area contributed by atoms with Crippen LogP contribution in [0, 0.1) is 0 Å². The zero-order chi connectivity index (χ0) is 26.6. The van der Waals surface area contributed by atoms with Crippen molar-refractivity contribution in [3.8, 4) is 28.7 Å². The number of hydrogen-bond acceptors (Lipinski definition) is 8. The molecule has 1 saturated heterocycles. The van der Waals surface area contributed by atoms with Gasteiger partial charge in [0.1, 0.15) is 42.8 Å². The van der Waals surface area contributed by atoms with E-state index < -0.39 is 17.7 Å². The first-order valence-electron chi connectivity index (χ1n) is 12.1. The molecule has 0 radical (unpaired) electrons. The van der Waals surface area contributed by atoms with Crippen LogP contribution in [0.25, 0.3) is 5.76 Å². The molecule has 196 valence electrons. The third-order valence-electron chi connectivity index (χ3n) is 6.45. The molecule has 2 aliphatic heterocycles. The van der Waals surface area contributed by atoms with Crippen molar-refractivity contribution in [3.63, 3.8) is 0 Å². The lowest BCUT2D eigenvalue weighted by Gasteiger charge is -2.25. The lowest BCUT2D eigenvalue weighted by atomic mass is 9.95. The van der Waals surface area contributed by atoms with Crippen LogP contribution in [0.2, 0.25) is 0 Å². The molecule has 1 atom stereocenters. The van der Waals surface area contributed by atoms with Gasteiger partial charge in [-0.3, -0.25) is 9.59 Å². The molecule has 3 aromatic carbocycles. The number of methoxy groups -OCH3 is 2. The van der Waals surface area contributed by atoms with Crippen molar-refractivity contribution in [1.82, 2.24) is 4.90 Å². The van der Waals surface area contributed by atoms with E-state index in [1.54, 1.807) is 80.9 Å². The van der Waals surface area contributed by atoms with Gasteiger partial charge in [0, 0.05) is 5.56 Å². The Morgan fingerprint density at radius 2 is 1.47 bits per heavy atom. The van der Waals surface area contributed by atoms with Crippen molar-refractivity contribution >= 4 is 17.4 Å². The minimum absolute atomic E-state index is 0.0127. The number of amides is 1. The average Bonchev–Trinajstić information content (AvgIpc) is 3.22. The Hall–Kier alpha value is -4.66. The van der Waals surface area contributed by atoms with E-state index in [2.05, 4.69) is 0 Å². The van der Waals surface area contributed by atoms with Gasteiger partial charge in [-0.1, -0.05) is 12.1 Å². The van der Waals surface area contributed by atoms with Crippen LogP contribution in [0.5, 0.6) is 28.7 Å². The van der Waals surface area contributed by atoms with Crippen LogP contribution in [0.1, 0.15) is 17.2 Å². The van der Waals surface area contributed by atoms with Crippen LogP contribution in [0.15, 0.2) is 72.3 Å². The fourth-order valence-corrected chi connectivity index (χ4v) is 4.52. The normalized spacial score (nSPS) is 17.8. The van der Waals surface area contributed by atoms with Gasteiger partial charge in [-0.15, -0.1) is 0 Å². The summed E-state index contributed by atoms with van der Waals surface area (Å²) in [5, 5.41) is 11.3. The summed E-state index contributed by atoms with van der Waals surface area (Å²) < 4.78 is 27.4. The molecule has 9 nitrogen and oxygen atoms in total. The van der Waals surface area contributed by atoms with Crippen LogP contribution in [0.3, 0.4) is 0 Å². The van der Waals surface area contributed by atoms with E-state index in [-0.39, 0.29) is 24.5 Å². The first-order valence-corrected chi connectivity index (χ1v) is 12.1. The van der Waals surface area contributed by atoms with Crippen molar-refractivity contribution in [2.75, 3.05) is 40.6 Å². The Bertz CT molecular complexity index is 1360. The first-order chi connectivity index (χ1) is 18.5. The van der Waals surface area contributed by atoms with Crippen molar-refractivity contribution in [3.05, 3.63) is 83.4 Å². The summed E-state index contributed by atoms with van der Waals surface area (Å²) in [5.74, 6) is 1.14. The predicted molar refractivity (Wildman–Crippen MR) is 138 cm³/mol. The maximum absolute atomic E-state index is 13.3. The highest BCUT2D eigenvalue weighted by molar-refractivity contribution is 6.46. The smallest absolute Gasteiger partial charge is 0.295 e. The highest BCUT2D eigenvalue weighted by Crippen LogP contribution is 2.41. The number of carbonyl (C=O) groups is 2. The number of nitrogens with zero attached hydrogens (tertiary/aromatic N) is 1. The fourth-order valence-electron chi connectivity index (χ4n) is 4.52. The standard InChI is InChI=1S/C29H27NO8/c1-34-20-6-3-18(4-7-20)26-25(27(31)19-5-12-23-24(17-19)38-16-15-37-23)28(32)29(33)30(26)13-14-36-22-10-8-21(35-2)9-11-22/h3-12,17,26,31H,13-16H2,1-2H3/b27-25-. The Kier molecular flexibility index (Phi) is 7.08. The van der Waals surface area contributed by atoms with E-state index in [4.69, 9.17) is 23.7 Å². The van der Waals surface area contributed by atoms with E-state index in [9.17, 15) is 14.7 Å². The maximum Gasteiger partial charge on any atom is 0.295 e. The van der Waals surface area contributed by atoms with Gasteiger partial charge in [-0.25, -0.2) is 0 Å².